The number of fused-ring (bicyclic) bond motifs is 1. The normalized spacial score (nSPS) is 37.0. The third-order valence-corrected chi connectivity index (χ3v) is 3.82. The van der Waals surface area contributed by atoms with Gasteiger partial charge in [-0.25, -0.2) is 0 Å². The molecule has 3 heteroatoms. The number of hydrogen-bond donors (Lipinski definition) is 1. The summed E-state index contributed by atoms with van der Waals surface area (Å²) >= 11 is 0. The van der Waals surface area contributed by atoms with Crippen LogP contribution in [0.3, 0.4) is 0 Å². The standard InChI is InChI=1S/C11H20N2O/c1-9(2)13-5-10-6-14-4-3-11(10,7-12)8-13/h10H,1,3-8,12H2,2H3/t10-,11+/m0/s1. The Balaban J connectivity index is 2.14. The average molecular weight is 196 g/mol. The predicted molar refractivity (Wildman–Crippen MR) is 56.8 cm³/mol. The van der Waals surface area contributed by atoms with E-state index in [2.05, 4.69) is 18.4 Å². The van der Waals surface area contributed by atoms with Crippen molar-refractivity contribution in [1.29, 1.82) is 0 Å². The third kappa shape index (κ3) is 1.44. The first kappa shape index (κ1) is 9.99. The van der Waals surface area contributed by atoms with Gasteiger partial charge in [0.2, 0.25) is 0 Å². The molecule has 2 fully saturated rings. The molecule has 0 radical (unpaired) electrons. The van der Waals surface area contributed by atoms with Gasteiger partial charge in [0, 0.05) is 43.3 Å². The summed E-state index contributed by atoms with van der Waals surface area (Å²) in [7, 11) is 0. The SMILES string of the molecule is C=C(C)N1C[C@H]2COCC[C@@]2(CN)C1. The molecular weight excluding hydrogens is 176 g/mol. The van der Waals surface area contributed by atoms with Crippen LogP contribution in [0.5, 0.6) is 0 Å². The van der Waals surface area contributed by atoms with Crippen molar-refractivity contribution in [2.75, 3.05) is 32.8 Å². The number of nitrogens with two attached hydrogens (primary N) is 1. The van der Waals surface area contributed by atoms with Gasteiger partial charge in [0.1, 0.15) is 0 Å². The van der Waals surface area contributed by atoms with Gasteiger partial charge < -0.3 is 15.4 Å². The first-order valence-electron chi connectivity index (χ1n) is 5.36. The topological polar surface area (TPSA) is 38.5 Å². The molecule has 2 heterocycles. The lowest BCUT2D eigenvalue weighted by molar-refractivity contribution is -0.0103. The van der Waals surface area contributed by atoms with Gasteiger partial charge in [-0.3, -0.25) is 0 Å². The van der Waals surface area contributed by atoms with Crippen LogP contribution in [0.2, 0.25) is 0 Å². The van der Waals surface area contributed by atoms with E-state index in [9.17, 15) is 0 Å². The lowest BCUT2D eigenvalue weighted by Gasteiger charge is -2.37. The van der Waals surface area contributed by atoms with E-state index >= 15 is 0 Å². The summed E-state index contributed by atoms with van der Waals surface area (Å²) in [5.41, 5.74) is 7.39. The fraction of sp³-hybridized carbons (Fsp3) is 0.818. The first-order chi connectivity index (χ1) is 6.68. The largest absolute Gasteiger partial charge is 0.381 e. The van der Waals surface area contributed by atoms with Crippen LogP contribution < -0.4 is 5.73 Å². The van der Waals surface area contributed by atoms with E-state index in [1.807, 2.05) is 0 Å². The van der Waals surface area contributed by atoms with E-state index in [0.29, 0.717) is 11.3 Å². The zero-order valence-corrected chi connectivity index (χ0v) is 8.96. The van der Waals surface area contributed by atoms with E-state index < -0.39 is 0 Å². The summed E-state index contributed by atoms with van der Waals surface area (Å²) in [6.07, 6.45) is 1.11. The highest BCUT2D eigenvalue weighted by molar-refractivity contribution is 5.05. The molecule has 0 bridgehead atoms. The van der Waals surface area contributed by atoms with Crippen molar-refractivity contribution in [3.8, 4) is 0 Å². The van der Waals surface area contributed by atoms with Crippen molar-refractivity contribution in [3.05, 3.63) is 12.3 Å². The van der Waals surface area contributed by atoms with Crippen molar-refractivity contribution in [3.63, 3.8) is 0 Å². The maximum Gasteiger partial charge on any atom is 0.0517 e. The van der Waals surface area contributed by atoms with Crippen LogP contribution in [-0.2, 0) is 4.74 Å². The molecule has 80 valence electrons. The molecule has 2 aliphatic heterocycles. The minimum Gasteiger partial charge on any atom is -0.381 e. The zero-order valence-electron chi connectivity index (χ0n) is 8.96. The van der Waals surface area contributed by atoms with Gasteiger partial charge in [-0.2, -0.15) is 0 Å². The molecule has 0 saturated carbocycles. The van der Waals surface area contributed by atoms with E-state index in [1.54, 1.807) is 0 Å². The van der Waals surface area contributed by atoms with Crippen molar-refractivity contribution in [2.24, 2.45) is 17.1 Å². The van der Waals surface area contributed by atoms with Crippen LogP contribution in [0.25, 0.3) is 0 Å². The molecule has 2 rings (SSSR count). The number of nitrogens with zero attached hydrogens (tertiary/aromatic N) is 1. The molecule has 2 aliphatic rings. The van der Waals surface area contributed by atoms with Gasteiger partial charge in [-0.15, -0.1) is 0 Å². The minimum absolute atomic E-state index is 0.303. The molecule has 0 spiro atoms. The molecule has 2 atom stereocenters. The maximum absolute atomic E-state index is 5.93. The number of likely N-dealkylation sites (tertiary alicyclic amines) is 1. The number of ether oxygens (including phenoxy) is 1. The lowest BCUT2D eigenvalue weighted by Crippen LogP contribution is -2.44. The van der Waals surface area contributed by atoms with Crippen LogP contribution >= 0.6 is 0 Å². The first-order valence-corrected chi connectivity index (χ1v) is 5.36. The van der Waals surface area contributed by atoms with Crippen LogP contribution in [0.15, 0.2) is 12.3 Å². The molecule has 0 aromatic heterocycles. The quantitative estimate of drug-likeness (QED) is 0.710. The average Bonchev–Trinajstić information content (AvgIpc) is 2.57. The summed E-state index contributed by atoms with van der Waals surface area (Å²) in [5, 5.41) is 0. The van der Waals surface area contributed by atoms with Crippen molar-refractivity contribution >= 4 is 0 Å². The van der Waals surface area contributed by atoms with Crippen LogP contribution in [-0.4, -0.2) is 37.7 Å². The molecule has 3 nitrogen and oxygen atoms in total. The van der Waals surface area contributed by atoms with Gasteiger partial charge in [0.25, 0.3) is 0 Å². The van der Waals surface area contributed by atoms with Gasteiger partial charge in [-0.1, -0.05) is 6.58 Å². The van der Waals surface area contributed by atoms with E-state index in [1.165, 1.54) is 0 Å². The Morgan fingerprint density at radius 2 is 2.50 bits per heavy atom. The predicted octanol–water partition coefficient (Wildman–Crippen LogP) is 0.817. The molecule has 0 aromatic rings. The van der Waals surface area contributed by atoms with Gasteiger partial charge in [-0.05, 0) is 13.3 Å². The molecule has 2 N–H and O–H groups in total. The molecule has 0 aromatic carbocycles. The van der Waals surface area contributed by atoms with Crippen LogP contribution in [0.1, 0.15) is 13.3 Å². The molecule has 0 amide bonds. The number of allylic oxidation sites excluding steroid dienone is 1. The van der Waals surface area contributed by atoms with Crippen LogP contribution in [0.4, 0.5) is 0 Å². The third-order valence-electron chi connectivity index (χ3n) is 3.82. The minimum atomic E-state index is 0.303. The number of hydrogen-bond acceptors (Lipinski definition) is 3. The maximum atomic E-state index is 5.93. The molecule has 0 aliphatic carbocycles. The van der Waals surface area contributed by atoms with Crippen molar-refractivity contribution < 1.29 is 4.74 Å². The Morgan fingerprint density at radius 1 is 1.71 bits per heavy atom. The summed E-state index contributed by atoms with van der Waals surface area (Å²) in [4.78, 5) is 2.35. The summed E-state index contributed by atoms with van der Waals surface area (Å²) < 4.78 is 5.53. The second-order valence-electron chi connectivity index (χ2n) is 4.70. The Hall–Kier alpha value is -0.540. The van der Waals surface area contributed by atoms with Gasteiger partial charge >= 0.3 is 0 Å². The highest BCUT2D eigenvalue weighted by Gasteiger charge is 2.47. The fourth-order valence-corrected chi connectivity index (χ4v) is 2.67. The lowest BCUT2D eigenvalue weighted by atomic mass is 9.74. The summed E-state index contributed by atoms with van der Waals surface area (Å²) in [5.74, 6) is 0.609. The van der Waals surface area contributed by atoms with E-state index in [-0.39, 0.29) is 0 Å². The summed E-state index contributed by atoms with van der Waals surface area (Å²) in [6, 6.07) is 0. The molecular formula is C11H20N2O. The molecule has 0 unspecified atom stereocenters. The highest BCUT2D eigenvalue weighted by Crippen LogP contribution is 2.42. The number of rotatable bonds is 2. The monoisotopic (exact) mass is 196 g/mol. The second kappa shape index (κ2) is 3.55. The van der Waals surface area contributed by atoms with E-state index in [0.717, 1.165) is 45.0 Å². The Morgan fingerprint density at radius 3 is 3.07 bits per heavy atom. The van der Waals surface area contributed by atoms with E-state index in [4.69, 9.17) is 10.5 Å². The fourth-order valence-electron chi connectivity index (χ4n) is 2.67. The smallest absolute Gasteiger partial charge is 0.0517 e. The Bertz CT molecular complexity index is 241. The highest BCUT2D eigenvalue weighted by atomic mass is 16.5. The Kier molecular flexibility index (Phi) is 2.54. The van der Waals surface area contributed by atoms with Crippen molar-refractivity contribution in [1.82, 2.24) is 4.90 Å². The van der Waals surface area contributed by atoms with Crippen LogP contribution in [0, 0.1) is 11.3 Å². The van der Waals surface area contributed by atoms with Crippen molar-refractivity contribution in [2.45, 2.75) is 13.3 Å². The second-order valence-corrected chi connectivity index (χ2v) is 4.70. The van der Waals surface area contributed by atoms with Gasteiger partial charge in [0.05, 0.1) is 6.61 Å². The summed E-state index contributed by atoms with van der Waals surface area (Å²) in [6.45, 7) is 10.8. The molecule has 14 heavy (non-hydrogen) atoms. The Labute approximate surface area is 85.9 Å². The zero-order chi connectivity index (χ0) is 10.2. The molecule has 2 saturated heterocycles. The van der Waals surface area contributed by atoms with Gasteiger partial charge in [0.15, 0.2) is 0 Å².